The Morgan fingerprint density at radius 2 is 1.80 bits per heavy atom. The van der Waals surface area contributed by atoms with Crippen LogP contribution < -0.4 is 29.6 Å². The molecule has 1 aromatic carbocycles. The Kier molecular flexibility index (Phi) is 10.1. The van der Waals surface area contributed by atoms with Crippen LogP contribution in [-0.2, 0) is 29.1 Å². The van der Waals surface area contributed by atoms with Crippen LogP contribution in [0.15, 0.2) is 36.5 Å². The van der Waals surface area contributed by atoms with Crippen molar-refractivity contribution in [1.82, 2.24) is 25.2 Å². The Bertz CT molecular complexity index is 2070. The highest BCUT2D eigenvalue weighted by Gasteiger charge is 2.62. The van der Waals surface area contributed by atoms with Crippen LogP contribution in [0, 0.1) is 17.8 Å². The molecule has 1 saturated heterocycles. The molecule has 1 aromatic heterocycles. The minimum absolute atomic E-state index is 0.0175. The van der Waals surface area contributed by atoms with Gasteiger partial charge in [0.1, 0.15) is 29.3 Å². The molecular formula is C38H47F2N5O10S. The second-order valence-corrected chi connectivity index (χ2v) is 18.6. The van der Waals surface area contributed by atoms with Crippen molar-refractivity contribution in [3.63, 3.8) is 0 Å². The number of rotatable bonds is 6. The zero-order valence-corrected chi connectivity index (χ0v) is 32.6. The fourth-order valence-electron chi connectivity index (χ4n) is 7.82. The monoisotopic (exact) mass is 803 g/mol. The number of nitrogens with one attached hydrogen (secondary N) is 3. The van der Waals surface area contributed by atoms with Gasteiger partial charge in [0, 0.05) is 29.3 Å². The van der Waals surface area contributed by atoms with Gasteiger partial charge in [-0.25, -0.2) is 18.2 Å². The minimum atomic E-state index is -3.95. The van der Waals surface area contributed by atoms with Crippen molar-refractivity contribution in [1.29, 1.82) is 0 Å². The van der Waals surface area contributed by atoms with E-state index in [0.29, 0.717) is 31.1 Å². The van der Waals surface area contributed by atoms with Crippen LogP contribution in [0.25, 0.3) is 10.8 Å². The van der Waals surface area contributed by atoms with E-state index >= 15 is 0 Å². The summed E-state index contributed by atoms with van der Waals surface area (Å²) in [6.07, 6.45) is 2.32. The number of carbonyl (C=O) groups is 4. The van der Waals surface area contributed by atoms with Gasteiger partial charge in [-0.3, -0.25) is 19.1 Å². The Balaban J connectivity index is 1.22. The van der Waals surface area contributed by atoms with Crippen molar-refractivity contribution in [2.75, 3.05) is 6.54 Å². The third-order valence-corrected chi connectivity index (χ3v) is 12.7. The lowest BCUT2D eigenvalue weighted by Crippen LogP contribution is -2.59. The molecule has 0 bridgehead atoms. The molecule has 7 atom stereocenters. The first-order valence-electron chi connectivity index (χ1n) is 18.9. The van der Waals surface area contributed by atoms with Gasteiger partial charge < -0.3 is 34.5 Å². The van der Waals surface area contributed by atoms with E-state index in [9.17, 15) is 36.4 Å². The molecule has 18 heteroatoms. The van der Waals surface area contributed by atoms with Crippen molar-refractivity contribution >= 4 is 44.6 Å². The Morgan fingerprint density at radius 1 is 1.05 bits per heavy atom. The second kappa shape index (κ2) is 14.3. The molecule has 4 heterocycles. The summed E-state index contributed by atoms with van der Waals surface area (Å²) in [5.41, 5.74) is -2.45. The summed E-state index contributed by atoms with van der Waals surface area (Å²) in [4.78, 5) is 61.7. The topological polar surface area (TPSA) is 192 Å². The molecule has 304 valence electrons. The number of hydrogen-bond donors (Lipinski definition) is 3. The SMILES string of the molecule is CC1CCC=CC2CC2(C(=O)NS(=O)(=O)C2CC2)NC(=O)C2CC(Oc3nccc4c5c(ccc34)OC(F)(F)O5)CN2C(=O)C(NC(=O)OC(C)(C)C)C(C)C1. The van der Waals surface area contributed by atoms with Crippen LogP contribution in [-0.4, -0.2) is 89.5 Å². The average Bonchev–Trinajstić information content (AvgIpc) is 4.00. The van der Waals surface area contributed by atoms with Crippen LogP contribution in [0.1, 0.15) is 79.6 Å². The largest absolute Gasteiger partial charge is 0.586 e. The number of ether oxygens (including phenoxy) is 4. The number of alkyl halides is 2. The van der Waals surface area contributed by atoms with E-state index in [-0.39, 0.29) is 48.1 Å². The lowest BCUT2D eigenvalue weighted by Gasteiger charge is -2.33. The number of fused-ring (bicyclic) bond motifs is 5. The second-order valence-electron chi connectivity index (χ2n) is 16.6. The van der Waals surface area contributed by atoms with Gasteiger partial charge >= 0.3 is 12.4 Å². The summed E-state index contributed by atoms with van der Waals surface area (Å²) in [6.45, 7) is 8.80. The van der Waals surface area contributed by atoms with E-state index in [0.717, 1.165) is 6.42 Å². The molecule has 15 nitrogen and oxygen atoms in total. The zero-order chi connectivity index (χ0) is 40.4. The van der Waals surface area contributed by atoms with Gasteiger partial charge in [-0.2, -0.15) is 0 Å². The summed E-state index contributed by atoms with van der Waals surface area (Å²) < 4.78 is 77.1. The van der Waals surface area contributed by atoms with E-state index in [4.69, 9.17) is 14.2 Å². The summed E-state index contributed by atoms with van der Waals surface area (Å²) in [7, 11) is -3.95. The van der Waals surface area contributed by atoms with Crippen molar-refractivity contribution in [3.05, 3.63) is 36.5 Å². The number of aromatic nitrogens is 1. The van der Waals surface area contributed by atoms with Crippen LogP contribution in [0.4, 0.5) is 13.6 Å². The van der Waals surface area contributed by atoms with Crippen molar-refractivity contribution in [2.45, 2.75) is 120 Å². The predicted octanol–water partition coefficient (Wildman–Crippen LogP) is 4.29. The first-order valence-corrected chi connectivity index (χ1v) is 20.5. The number of nitrogens with zero attached hydrogens (tertiary/aromatic N) is 2. The molecule has 56 heavy (non-hydrogen) atoms. The third kappa shape index (κ3) is 8.20. The van der Waals surface area contributed by atoms with E-state index in [1.165, 1.54) is 29.3 Å². The molecule has 0 radical (unpaired) electrons. The van der Waals surface area contributed by atoms with Gasteiger partial charge in [-0.1, -0.05) is 26.0 Å². The quantitative estimate of drug-likeness (QED) is 0.353. The fraction of sp³-hybridized carbons (Fsp3) is 0.605. The zero-order valence-electron chi connectivity index (χ0n) is 31.8. The highest BCUT2D eigenvalue weighted by molar-refractivity contribution is 7.91. The van der Waals surface area contributed by atoms with Gasteiger partial charge in [0.2, 0.25) is 27.7 Å². The van der Waals surface area contributed by atoms with Gasteiger partial charge in [-0.05, 0) is 89.3 Å². The van der Waals surface area contributed by atoms with E-state index in [2.05, 4.69) is 25.1 Å². The van der Waals surface area contributed by atoms with E-state index in [1.807, 2.05) is 26.0 Å². The number of amides is 4. The fourth-order valence-corrected chi connectivity index (χ4v) is 9.18. The van der Waals surface area contributed by atoms with Crippen LogP contribution in [0.2, 0.25) is 0 Å². The Hall–Kier alpha value is -4.74. The van der Waals surface area contributed by atoms with Gasteiger partial charge in [0.05, 0.1) is 11.8 Å². The summed E-state index contributed by atoms with van der Waals surface area (Å²) in [6, 6.07) is 1.87. The number of carbonyl (C=O) groups excluding carboxylic acids is 4. The maximum absolute atomic E-state index is 14.7. The van der Waals surface area contributed by atoms with Gasteiger partial charge in [0.15, 0.2) is 11.5 Å². The smallest absolute Gasteiger partial charge is 0.472 e. The number of benzene rings is 1. The van der Waals surface area contributed by atoms with Crippen LogP contribution in [0.5, 0.6) is 17.4 Å². The molecule has 3 aliphatic heterocycles. The molecule has 2 saturated carbocycles. The highest BCUT2D eigenvalue weighted by atomic mass is 32.2. The maximum atomic E-state index is 14.7. The molecule has 3 N–H and O–H groups in total. The number of hydrogen-bond acceptors (Lipinski definition) is 11. The number of sulfonamides is 1. The van der Waals surface area contributed by atoms with Crippen molar-refractivity contribution in [3.8, 4) is 17.4 Å². The molecule has 3 fully saturated rings. The first kappa shape index (κ1) is 39.5. The molecule has 7 rings (SSSR count). The molecule has 0 spiro atoms. The number of halogens is 2. The van der Waals surface area contributed by atoms with E-state index in [1.54, 1.807) is 20.8 Å². The van der Waals surface area contributed by atoms with Crippen molar-refractivity contribution in [2.24, 2.45) is 17.8 Å². The van der Waals surface area contributed by atoms with Gasteiger partial charge in [-0.15, -0.1) is 8.78 Å². The van der Waals surface area contributed by atoms with E-state index < -0.39 is 86.5 Å². The van der Waals surface area contributed by atoms with Crippen molar-refractivity contribution < 1.29 is 55.3 Å². The first-order chi connectivity index (χ1) is 26.2. The lowest BCUT2D eigenvalue weighted by molar-refractivity contribution is -0.286. The lowest BCUT2D eigenvalue weighted by atomic mass is 9.88. The average molecular weight is 804 g/mol. The molecule has 2 aromatic rings. The third-order valence-electron chi connectivity index (χ3n) is 10.8. The molecule has 2 aliphatic carbocycles. The van der Waals surface area contributed by atoms with Crippen LogP contribution in [0.3, 0.4) is 0 Å². The number of alkyl carbamates (subject to hydrolysis) is 1. The number of allylic oxidation sites excluding steroid dienone is 1. The summed E-state index contributed by atoms with van der Waals surface area (Å²) in [5.74, 6) is -3.33. The van der Waals surface area contributed by atoms with Crippen LogP contribution >= 0.6 is 0 Å². The normalized spacial score (nSPS) is 30.3. The minimum Gasteiger partial charge on any atom is -0.472 e. The Labute approximate surface area is 323 Å². The molecule has 4 amide bonds. The predicted molar refractivity (Wildman–Crippen MR) is 196 cm³/mol. The number of pyridine rings is 1. The Morgan fingerprint density at radius 3 is 2.52 bits per heavy atom. The standard InChI is InChI=1S/C38H47F2N5O10S/c1-20-8-6-7-9-22-18-37(22,34(48)44-56(50,51)24-10-11-24)43-31(46)27-17-23(19-45(27)33(47)29(21(2)16-20)42-35(49)55-36(3,4)5)52-32-26-12-13-28-30(25(26)14-15-41-32)54-38(39,40)53-28/h7,9,12-15,20-24,27,29H,6,8,10-11,16-19H2,1-5H3,(H,42,49)(H,43,46)(H,44,48). The molecular weight excluding hydrogens is 757 g/mol. The maximum Gasteiger partial charge on any atom is 0.586 e. The highest BCUT2D eigenvalue weighted by Crippen LogP contribution is 2.48. The molecule has 5 aliphatic rings. The summed E-state index contributed by atoms with van der Waals surface area (Å²) in [5, 5.41) is 5.44. The molecule has 7 unspecified atom stereocenters. The summed E-state index contributed by atoms with van der Waals surface area (Å²) >= 11 is 0. The van der Waals surface area contributed by atoms with Gasteiger partial charge in [0.25, 0.3) is 5.91 Å².